The Morgan fingerprint density at radius 2 is 0.497 bits per heavy atom. The van der Waals surface area contributed by atoms with Crippen LogP contribution in [0, 0.1) is 141 Å². The number of alkyl halides is 6. The lowest BCUT2D eigenvalue weighted by molar-refractivity contribution is 0.110. The highest BCUT2D eigenvalue weighted by Gasteiger charge is 2.22. The summed E-state index contributed by atoms with van der Waals surface area (Å²) in [6.07, 6.45) is -5.22. The van der Waals surface area contributed by atoms with E-state index in [0.717, 1.165) is 137 Å². The third-order valence-electron chi connectivity index (χ3n) is 22.4. The molecule has 0 atom stereocenters. The Hall–Kier alpha value is -13.9. The molecule has 0 aromatic heterocycles. The predicted octanol–water partition coefficient (Wildman–Crippen LogP) is 30.5. The Balaban J connectivity index is 0.000000233. The van der Waals surface area contributed by atoms with Crippen molar-refractivity contribution >= 4 is 121 Å². The van der Waals surface area contributed by atoms with Crippen molar-refractivity contribution in [3.63, 3.8) is 0 Å². The van der Waals surface area contributed by atoms with E-state index in [1.165, 1.54) is 46.0 Å². The molecule has 0 aliphatic rings. The van der Waals surface area contributed by atoms with Gasteiger partial charge in [0.1, 0.15) is 80.0 Å². The lowest BCUT2D eigenvalue weighted by Gasteiger charge is -2.16. The molecule has 6 amide bonds. The molecule has 762 valence electrons. The lowest BCUT2D eigenvalue weighted by atomic mass is 10.1. The summed E-state index contributed by atoms with van der Waals surface area (Å²) in [5.74, 6) is 4.04. The third-order valence-corrected chi connectivity index (χ3v) is 24.5. The second-order valence-electron chi connectivity index (χ2n) is 32.8. The van der Waals surface area contributed by atoms with Crippen LogP contribution in [0.4, 0.5) is 93.6 Å². The number of nitrogens with one attached hydrogen (secondary N) is 6. The second kappa shape index (κ2) is 58.5. The smallest absolute Gasteiger partial charge is 0.413 e. The first-order valence-corrected chi connectivity index (χ1v) is 46.8. The summed E-state index contributed by atoms with van der Waals surface area (Å²) in [6.45, 7) is 32.2. The lowest BCUT2D eigenvalue weighted by Crippen LogP contribution is -2.15. The van der Waals surface area contributed by atoms with Gasteiger partial charge in [0.25, 0.3) is 0 Å². The molecule has 0 radical (unpaired) electrons. The summed E-state index contributed by atoms with van der Waals surface area (Å²) in [5, 5.41) is 15.3. The highest BCUT2D eigenvalue weighted by atomic mass is 127. The molecular weight excluding hydrogens is 2060 g/mol. The van der Waals surface area contributed by atoms with Crippen molar-refractivity contribution in [2.45, 2.75) is 171 Å². The first-order valence-electron chi connectivity index (χ1n) is 44.6. The average molecular weight is 2180 g/mol. The van der Waals surface area contributed by atoms with Crippen molar-refractivity contribution < 1.29 is 116 Å². The molecule has 24 nitrogen and oxygen atoms in total. The van der Waals surface area contributed by atoms with E-state index in [-0.39, 0.29) is 44.3 Å². The van der Waals surface area contributed by atoms with Gasteiger partial charge in [0, 0.05) is 46.4 Å². The normalized spacial score (nSPS) is 10.4. The minimum absolute atomic E-state index is 0.0821. The van der Waals surface area contributed by atoms with E-state index < -0.39 is 83.5 Å². The Kier molecular flexibility index (Phi) is 47.4. The van der Waals surface area contributed by atoms with E-state index in [0.29, 0.717) is 51.4 Å². The van der Waals surface area contributed by atoms with Gasteiger partial charge in [-0.1, -0.05) is 119 Å². The van der Waals surface area contributed by atoms with E-state index in [4.69, 9.17) is 40.0 Å². The molecule has 0 saturated heterocycles. The summed E-state index contributed by atoms with van der Waals surface area (Å²) >= 11 is 11.8. The summed E-state index contributed by atoms with van der Waals surface area (Å²) in [7, 11) is 0. The maximum Gasteiger partial charge on any atom is 0.413 e. The number of hydrogen-bond donors (Lipinski definition) is 6. The van der Waals surface area contributed by atoms with Crippen molar-refractivity contribution in [2.75, 3.05) is 73.1 Å². The number of aryl methyl sites for hydroxylation is 19. The first kappa shape index (κ1) is 116. The summed E-state index contributed by atoms with van der Waals surface area (Å²) in [6, 6.07) is 56.8. The summed E-state index contributed by atoms with van der Waals surface area (Å²) in [5.41, 5.74) is 27.7. The molecule has 12 rings (SSSR count). The van der Waals surface area contributed by atoms with Crippen molar-refractivity contribution in [1.29, 1.82) is 0 Å². The van der Waals surface area contributed by atoms with E-state index >= 15 is 0 Å². The number of hydrogen-bond acceptors (Lipinski definition) is 18. The van der Waals surface area contributed by atoms with Crippen LogP contribution < -0.4 is 60.3 Å². The highest BCUT2D eigenvalue weighted by molar-refractivity contribution is 14.1. The maximum absolute atomic E-state index is 14.1. The van der Waals surface area contributed by atoms with Gasteiger partial charge in [-0.15, -0.1) is 0 Å². The monoisotopic (exact) mass is 2170 g/mol. The summed E-state index contributed by atoms with van der Waals surface area (Å²) in [4.78, 5) is 68.5. The fourth-order valence-corrected chi connectivity index (χ4v) is 15.0. The van der Waals surface area contributed by atoms with E-state index in [1.807, 2.05) is 183 Å². The Morgan fingerprint density at radius 3 is 0.846 bits per heavy atom. The van der Waals surface area contributed by atoms with Gasteiger partial charge in [-0.05, 0) is 357 Å². The van der Waals surface area contributed by atoms with Crippen LogP contribution >= 0.6 is 50.1 Å². The Bertz CT molecular complexity index is 5660. The van der Waals surface area contributed by atoms with E-state index in [1.54, 1.807) is 60.7 Å². The molecule has 0 saturated carbocycles. The molecule has 0 bridgehead atoms. The molecule has 12 aromatic carbocycles. The molecule has 34 heteroatoms. The van der Waals surface area contributed by atoms with Crippen LogP contribution in [0.1, 0.15) is 139 Å². The molecule has 0 aliphatic heterocycles. The number of carbonyl (C=O) groups excluding carboxylic acids is 6. The molecule has 12 aromatic rings. The molecule has 0 fully saturated rings. The maximum atomic E-state index is 14.1. The van der Waals surface area contributed by atoms with Crippen molar-refractivity contribution in [3.05, 3.63) is 346 Å². The zero-order valence-corrected chi connectivity index (χ0v) is 87.5. The van der Waals surface area contributed by atoms with Gasteiger partial charge in [0.2, 0.25) is 41.2 Å². The van der Waals surface area contributed by atoms with Crippen molar-refractivity contribution in [3.8, 4) is 34.5 Å². The molecule has 143 heavy (non-hydrogen) atoms. The quantitative estimate of drug-likeness (QED) is 0.0139. The van der Waals surface area contributed by atoms with Crippen LogP contribution in [0.25, 0.3) is 0 Å². The largest absolute Gasteiger partial charge is 0.489 e. The molecule has 0 aliphatic carbocycles. The SMILES string of the molecule is Cc1cc(C)c(OCc2c(Br)cccc2NC(=O)OCF)cc1C.Cc1cc(C)c(OCc2c(C)cccc2NC(=O)OCF)cc1C.Cc1cc(C)c(OCc2c(Cl)cccc2NC(=O)OCF)cc1C.Cc1cc(C)c(OCc2c(F)cccc2NC(=O)OCF)cc1C.Cc1cc(C)c(OCc2c(I)cccc2NC(=O)OCF)cc1C.Cc1cc(C)c(OCc2ccccc2NC(=O)OCF)cc1C. The van der Waals surface area contributed by atoms with Crippen molar-refractivity contribution in [1.82, 2.24) is 0 Å². The van der Waals surface area contributed by atoms with Crippen LogP contribution in [0.3, 0.4) is 0 Å². The molecular formula is C109H118BrClF7IN6O18. The minimum atomic E-state index is -1.26. The van der Waals surface area contributed by atoms with Gasteiger partial charge in [0.05, 0.1) is 34.1 Å². The van der Waals surface area contributed by atoms with E-state index in [9.17, 15) is 59.5 Å². The predicted molar refractivity (Wildman–Crippen MR) is 555 cm³/mol. The van der Waals surface area contributed by atoms with E-state index in [2.05, 4.69) is 157 Å². The van der Waals surface area contributed by atoms with Crippen LogP contribution in [0.2, 0.25) is 5.02 Å². The topological polar surface area (TPSA) is 285 Å². The van der Waals surface area contributed by atoms with Crippen LogP contribution in [0.5, 0.6) is 34.5 Å². The second-order valence-corrected chi connectivity index (χ2v) is 35.2. The number of carbonyl (C=O) groups is 6. The van der Waals surface area contributed by atoms with Gasteiger partial charge in [-0.2, -0.15) is 0 Å². The summed E-state index contributed by atoms with van der Waals surface area (Å²) < 4.78 is 149. The molecule has 0 unspecified atom stereocenters. The minimum Gasteiger partial charge on any atom is -0.489 e. The molecule has 0 spiro atoms. The number of ether oxygens (including phenoxy) is 12. The van der Waals surface area contributed by atoms with Crippen LogP contribution in [0.15, 0.2) is 193 Å². The van der Waals surface area contributed by atoms with Gasteiger partial charge >= 0.3 is 36.6 Å². The van der Waals surface area contributed by atoms with Gasteiger partial charge in [0.15, 0.2) is 0 Å². The zero-order chi connectivity index (χ0) is 105. The fourth-order valence-electron chi connectivity index (χ4n) is 13.7. The zero-order valence-electron chi connectivity index (χ0n) is 83.0. The Labute approximate surface area is 856 Å². The highest BCUT2D eigenvalue weighted by Crippen LogP contribution is 2.36. The van der Waals surface area contributed by atoms with Crippen LogP contribution in [-0.2, 0) is 68.1 Å². The van der Waals surface area contributed by atoms with Gasteiger partial charge in [-0.25, -0.2) is 59.5 Å². The average Bonchev–Trinajstić information content (AvgIpc) is 0.832. The first-order chi connectivity index (χ1) is 68.1. The number of halogens is 10. The third kappa shape index (κ3) is 36.8. The molecule has 6 N–H and O–H groups in total. The van der Waals surface area contributed by atoms with Gasteiger partial charge < -0.3 is 56.8 Å². The number of para-hydroxylation sites is 1. The number of benzene rings is 12. The van der Waals surface area contributed by atoms with Gasteiger partial charge in [-0.3, -0.25) is 31.9 Å². The number of rotatable bonds is 30. The number of anilines is 6. The Morgan fingerprint density at radius 1 is 0.259 bits per heavy atom. The molecule has 0 heterocycles. The van der Waals surface area contributed by atoms with Crippen LogP contribution in [-0.4, -0.2) is 77.7 Å². The fraction of sp³-hybridized carbons (Fsp3) is 0.284. The standard InChI is InChI=1S/C19H22FNO3.C18H19BrFNO3.C18H19ClFNO3.C18H19F2NO3.C18H19FINO3.C18H20FNO3/c1-12-6-5-7-17(21-19(22)24-11-20)16(12)10-23-18-9-14(3)13(2)8-15(18)4;2*1-11-7-13(3)17(8-12(11)2)23-9-14-15(19)5-4-6-16(14)21-18(22)24-10-20;2*1-11-7-13(3)17(8-12(11)2)23-9-14-15(20)5-4-6-16(14)21-18(22)24-10-19;1-12-8-14(3)17(9-13(12)2)22-10-15-6-4-5-7-16(15)20-18(21)23-11-19/h5-9H,10-11H2,1-4H3,(H,21,22);4*4-8H,9-10H2,1-3H3,(H,21,22);4-9H,10-11H2,1-3H3,(H,20,21). The van der Waals surface area contributed by atoms with Crippen molar-refractivity contribution in [2.24, 2.45) is 0 Å². The number of amides is 6.